The molecule has 4 nitrogen and oxygen atoms in total. The van der Waals surface area contributed by atoms with Crippen LogP contribution in [-0.2, 0) is 0 Å². The summed E-state index contributed by atoms with van der Waals surface area (Å²) in [6.45, 7) is 4.59. The SMILES string of the molecule is CCC(C)CNC(=O)c1c(O)cccc1O. The zero-order valence-corrected chi connectivity index (χ0v) is 9.53. The summed E-state index contributed by atoms with van der Waals surface area (Å²) in [4.78, 5) is 11.7. The van der Waals surface area contributed by atoms with Crippen LogP contribution in [0.1, 0.15) is 30.6 Å². The van der Waals surface area contributed by atoms with E-state index in [1.165, 1.54) is 18.2 Å². The molecule has 1 unspecified atom stereocenters. The van der Waals surface area contributed by atoms with E-state index in [0.717, 1.165) is 6.42 Å². The van der Waals surface area contributed by atoms with Gasteiger partial charge >= 0.3 is 0 Å². The van der Waals surface area contributed by atoms with Crippen LogP contribution in [0.5, 0.6) is 11.5 Å². The summed E-state index contributed by atoms with van der Waals surface area (Å²) in [5.74, 6) is -0.490. The van der Waals surface area contributed by atoms with Crippen LogP contribution in [0.2, 0.25) is 0 Å². The van der Waals surface area contributed by atoms with E-state index in [4.69, 9.17) is 0 Å². The summed E-state index contributed by atoms with van der Waals surface area (Å²) in [6.07, 6.45) is 0.965. The first-order valence-electron chi connectivity index (χ1n) is 5.35. The van der Waals surface area contributed by atoms with E-state index in [2.05, 4.69) is 5.32 Å². The van der Waals surface area contributed by atoms with Gasteiger partial charge in [-0.1, -0.05) is 26.3 Å². The van der Waals surface area contributed by atoms with Crippen molar-refractivity contribution < 1.29 is 15.0 Å². The fraction of sp³-hybridized carbons (Fsp3) is 0.417. The van der Waals surface area contributed by atoms with E-state index in [0.29, 0.717) is 12.5 Å². The van der Waals surface area contributed by atoms with Crippen molar-refractivity contribution in [1.82, 2.24) is 5.32 Å². The van der Waals surface area contributed by atoms with Crippen LogP contribution in [-0.4, -0.2) is 22.7 Å². The third-order valence-corrected chi connectivity index (χ3v) is 2.56. The number of phenols is 2. The van der Waals surface area contributed by atoms with E-state index >= 15 is 0 Å². The van der Waals surface area contributed by atoms with Crippen molar-refractivity contribution in [3.8, 4) is 11.5 Å². The molecule has 4 heteroatoms. The maximum Gasteiger partial charge on any atom is 0.258 e. The van der Waals surface area contributed by atoms with Crippen LogP contribution in [0.25, 0.3) is 0 Å². The van der Waals surface area contributed by atoms with Gasteiger partial charge in [0.2, 0.25) is 0 Å². The number of benzene rings is 1. The molecule has 3 N–H and O–H groups in total. The molecule has 1 aromatic rings. The van der Waals surface area contributed by atoms with Crippen molar-refractivity contribution in [2.75, 3.05) is 6.54 Å². The van der Waals surface area contributed by atoms with Gasteiger partial charge in [0.25, 0.3) is 5.91 Å². The number of carbonyl (C=O) groups is 1. The maximum atomic E-state index is 11.7. The zero-order valence-electron chi connectivity index (χ0n) is 9.53. The molecule has 0 saturated carbocycles. The molecule has 1 aromatic carbocycles. The predicted octanol–water partition coefficient (Wildman–Crippen LogP) is 1.87. The quantitative estimate of drug-likeness (QED) is 0.729. The first kappa shape index (κ1) is 12.4. The lowest BCUT2D eigenvalue weighted by atomic mass is 10.1. The molecule has 0 heterocycles. The highest BCUT2D eigenvalue weighted by molar-refractivity contribution is 5.99. The predicted molar refractivity (Wildman–Crippen MR) is 61.6 cm³/mol. The van der Waals surface area contributed by atoms with E-state index in [1.54, 1.807) is 0 Å². The molecule has 0 aliphatic heterocycles. The highest BCUT2D eigenvalue weighted by Crippen LogP contribution is 2.25. The second-order valence-corrected chi connectivity index (χ2v) is 3.89. The Bertz CT molecular complexity index is 356. The molecule has 88 valence electrons. The van der Waals surface area contributed by atoms with Crippen LogP contribution in [0.15, 0.2) is 18.2 Å². The number of carbonyl (C=O) groups excluding carboxylic acids is 1. The minimum absolute atomic E-state index is 0.0641. The van der Waals surface area contributed by atoms with Gasteiger partial charge in [-0.2, -0.15) is 0 Å². The number of aromatic hydroxyl groups is 2. The maximum absolute atomic E-state index is 11.7. The summed E-state index contributed by atoms with van der Waals surface area (Å²) in [5.41, 5.74) is -0.0641. The largest absolute Gasteiger partial charge is 0.507 e. The van der Waals surface area contributed by atoms with Crippen molar-refractivity contribution in [3.05, 3.63) is 23.8 Å². The molecule has 0 bridgehead atoms. The van der Waals surface area contributed by atoms with Gasteiger partial charge in [-0.3, -0.25) is 4.79 Å². The lowest BCUT2D eigenvalue weighted by Gasteiger charge is -2.11. The molecular formula is C12H17NO3. The van der Waals surface area contributed by atoms with Crippen LogP contribution >= 0.6 is 0 Å². The van der Waals surface area contributed by atoms with Gasteiger partial charge in [-0.05, 0) is 18.1 Å². The van der Waals surface area contributed by atoms with Crippen molar-refractivity contribution >= 4 is 5.91 Å². The Kier molecular flexibility index (Phi) is 4.17. The lowest BCUT2D eigenvalue weighted by Crippen LogP contribution is -2.28. The molecule has 16 heavy (non-hydrogen) atoms. The zero-order chi connectivity index (χ0) is 12.1. The van der Waals surface area contributed by atoms with Crippen LogP contribution in [0.4, 0.5) is 0 Å². The molecule has 0 saturated heterocycles. The van der Waals surface area contributed by atoms with Gasteiger partial charge in [0.05, 0.1) is 0 Å². The van der Waals surface area contributed by atoms with Gasteiger partial charge in [0.1, 0.15) is 17.1 Å². The smallest absolute Gasteiger partial charge is 0.258 e. The van der Waals surface area contributed by atoms with Crippen LogP contribution in [0.3, 0.4) is 0 Å². The Morgan fingerprint density at radius 1 is 1.38 bits per heavy atom. The second kappa shape index (κ2) is 5.39. The minimum atomic E-state index is -0.448. The molecule has 0 aromatic heterocycles. The molecule has 1 atom stereocenters. The first-order chi connectivity index (χ1) is 7.56. The van der Waals surface area contributed by atoms with Gasteiger partial charge < -0.3 is 15.5 Å². The summed E-state index contributed by atoms with van der Waals surface area (Å²) in [5, 5.41) is 21.6. The topological polar surface area (TPSA) is 69.6 Å². The molecule has 0 aliphatic carbocycles. The number of amides is 1. The van der Waals surface area contributed by atoms with Gasteiger partial charge in [-0.15, -0.1) is 0 Å². The van der Waals surface area contributed by atoms with Crippen LogP contribution in [0, 0.1) is 5.92 Å². The Hall–Kier alpha value is -1.71. The molecule has 0 aliphatic rings. The second-order valence-electron chi connectivity index (χ2n) is 3.89. The minimum Gasteiger partial charge on any atom is -0.507 e. The molecule has 0 spiro atoms. The Balaban J connectivity index is 2.73. The summed E-state index contributed by atoms with van der Waals surface area (Å²) in [6, 6.07) is 4.23. The molecule has 0 fully saturated rings. The highest BCUT2D eigenvalue weighted by atomic mass is 16.3. The number of hydrogen-bond donors (Lipinski definition) is 3. The fourth-order valence-electron chi connectivity index (χ4n) is 1.26. The average molecular weight is 223 g/mol. The summed E-state index contributed by atoms with van der Waals surface area (Å²) < 4.78 is 0. The van der Waals surface area contributed by atoms with E-state index in [1.807, 2.05) is 13.8 Å². The number of nitrogens with one attached hydrogen (secondary N) is 1. The van der Waals surface area contributed by atoms with Gasteiger partial charge in [-0.25, -0.2) is 0 Å². The third kappa shape index (κ3) is 2.89. The number of phenolic OH excluding ortho intramolecular Hbond substituents is 2. The highest BCUT2D eigenvalue weighted by Gasteiger charge is 2.15. The molecule has 0 radical (unpaired) electrons. The summed E-state index contributed by atoms with van der Waals surface area (Å²) >= 11 is 0. The Morgan fingerprint density at radius 2 is 1.94 bits per heavy atom. The molecular weight excluding hydrogens is 206 g/mol. The van der Waals surface area contributed by atoms with Gasteiger partial charge in [0, 0.05) is 6.54 Å². The van der Waals surface area contributed by atoms with Crippen molar-refractivity contribution in [2.24, 2.45) is 5.92 Å². The Labute approximate surface area is 94.9 Å². The summed E-state index contributed by atoms with van der Waals surface area (Å²) in [7, 11) is 0. The Morgan fingerprint density at radius 3 is 2.44 bits per heavy atom. The number of hydrogen-bond acceptors (Lipinski definition) is 3. The lowest BCUT2D eigenvalue weighted by molar-refractivity contribution is 0.0942. The number of rotatable bonds is 4. The van der Waals surface area contributed by atoms with Crippen molar-refractivity contribution in [2.45, 2.75) is 20.3 Å². The third-order valence-electron chi connectivity index (χ3n) is 2.56. The van der Waals surface area contributed by atoms with E-state index in [9.17, 15) is 15.0 Å². The molecule has 1 amide bonds. The van der Waals surface area contributed by atoms with Crippen molar-refractivity contribution in [3.63, 3.8) is 0 Å². The van der Waals surface area contributed by atoms with Gasteiger partial charge in [0.15, 0.2) is 0 Å². The van der Waals surface area contributed by atoms with E-state index < -0.39 is 5.91 Å². The van der Waals surface area contributed by atoms with Crippen LogP contribution < -0.4 is 5.32 Å². The van der Waals surface area contributed by atoms with Crippen molar-refractivity contribution in [1.29, 1.82) is 0 Å². The standard InChI is InChI=1S/C12H17NO3/c1-3-8(2)7-13-12(16)11-9(14)5-4-6-10(11)15/h4-6,8,14-15H,3,7H2,1-2H3,(H,13,16). The van der Waals surface area contributed by atoms with E-state index in [-0.39, 0.29) is 17.1 Å². The first-order valence-corrected chi connectivity index (χ1v) is 5.35. The normalized spacial score (nSPS) is 12.1. The molecule has 1 rings (SSSR count). The fourth-order valence-corrected chi connectivity index (χ4v) is 1.26. The monoisotopic (exact) mass is 223 g/mol. The average Bonchev–Trinajstić information content (AvgIpc) is 2.25.